The summed E-state index contributed by atoms with van der Waals surface area (Å²) >= 11 is 1.44. The molecule has 8 nitrogen and oxygen atoms in total. The molecule has 9 heteroatoms. The number of amides is 1. The number of carbonyl (C=O) groups is 1. The van der Waals surface area contributed by atoms with E-state index in [0.29, 0.717) is 17.0 Å². The normalized spacial score (nSPS) is 11.2. The minimum atomic E-state index is -0.475. The first-order valence-corrected chi connectivity index (χ1v) is 7.44. The number of aryl methyl sites for hydroxylation is 1. The molecule has 0 saturated carbocycles. The predicted molar refractivity (Wildman–Crippen MR) is 86.0 cm³/mol. The number of nitrogens with zero attached hydrogens (tertiary/aromatic N) is 4. The molecule has 0 atom stereocenters. The summed E-state index contributed by atoms with van der Waals surface area (Å²) < 4.78 is 1.71. The van der Waals surface area contributed by atoms with Crippen LogP contribution < -0.4 is 5.43 Å². The lowest BCUT2D eigenvalue weighted by Gasteiger charge is -1.99. The first kappa shape index (κ1) is 14.9. The molecule has 2 heterocycles. The summed E-state index contributed by atoms with van der Waals surface area (Å²) in [4.78, 5) is 27.3. The van der Waals surface area contributed by atoms with Crippen LogP contribution in [0.4, 0.5) is 5.69 Å². The van der Waals surface area contributed by atoms with E-state index in [1.54, 1.807) is 29.7 Å². The van der Waals surface area contributed by atoms with Gasteiger partial charge in [0, 0.05) is 23.7 Å². The van der Waals surface area contributed by atoms with Gasteiger partial charge in [0.05, 0.1) is 16.8 Å². The molecular formula is C14H11N5O3S. The van der Waals surface area contributed by atoms with Crippen molar-refractivity contribution >= 4 is 34.1 Å². The molecule has 1 N–H and O–H groups in total. The van der Waals surface area contributed by atoms with Gasteiger partial charge in [0.1, 0.15) is 5.69 Å². The highest BCUT2D eigenvalue weighted by atomic mass is 32.1. The Hall–Kier alpha value is -3.07. The Morgan fingerprint density at radius 1 is 1.43 bits per heavy atom. The fourth-order valence-corrected chi connectivity index (χ4v) is 2.83. The molecule has 0 bridgehead atoms. The number of nitro groups is 1. The van der Waals surface area contributed by atoms with Gasteiger partial charge in [-0.3, -0.25) is 19.3 Å². The van der Waals surface area contributed by atoms with Crippen LogP contribution in [0.3, 0.4) is 0 Å². The number of hydrogen-bond donors (Lipinski definition) is 1. The Bertz CT molecular complexity index is 910. The summed E-state index contributed by atoms with van der Waals surface area (Å²) in [6.45, 7) is 1.76. The zero-order valence-electron chi connectivity index (χ0n) is 12.0. The minimum Gasteiger partial charge on any atom is -0.286 e. The monoisotopic (exact) mass is 329 g/mol. The molecule has 0 aliphatic carbocycles. The maximum absolute atomic E-state index is 12.2. The fraction of sp³-hybridized carbons (Fsp3) is 0.0714. The smallest absolute Gasteiger partial charge is 0.286 e. The lowest BCUT2D eigenvalue weighted by Crippen LogP contribution is -2.20. The quantitative estimate of drug-likeness (QED) is 0.451. The molecule has 116 valence electrons. The standard InChI is InChI=1S/C14H11N5O3S/c1-9-12(18-6-7-23-14(18)16-9)13(20)17-15-8-10-2-4-11(5-3-10)19(21)22/h2-8H,1H3,(H,17,20)/b15-8+. The largest absolute Gasteiger partial charge is 0.290 e. The number of non-ortho nitro benzene ring substituents is 1. The van der Waals surface area contributed by atoms with Crippen molar-refractivity contribution in [1.82, 2.24) is 14.8 Å². The van der Waals surface area contributed by atoms with Crippen LogP contribution in [0.15, 0.2) is 40.9 Å². The van der Waals surface area contributed by atoms with Crippen LogP contribution >= 0.6 is 11.3 Å². The third-order valence-electron chi connectivity index (χ3n) is 3.14. The molecule has 3 rings (SSSR count). The average Bonchev–Trinajstić information content (AvgIpc) is 3.07. The van der Waals surface area contributed by atoms with E-state index in [-0.39, 0.29) is 11.6 Å². The highest BCUT2D eigenvalue weighted by Gasteiger charge is 2.16. The molecule has 0 aliphatic rings. The van der Waals surface area contributed by atoms with Gasteiger partial charge in [0.15, 0.2) is 4.96 Å². The molecule has 0 unspecified atom stereocenters. The van der Waals surface area contributed by atoms with Crippen LogP contribution in [0, 0.1) is 17.0 Å². The number of rotatable bonds is 4. The highest BCUT2D eigenvalue weighted by Crippen LogP contribution is 2.16. The van der Waals surface area contributed by atoms with Gasteiger partial charge in [0.25, 0.3) is 11.6 Å². The number of thiazole rings is 1. The van der Waals surface area contributed by atoms with Gasteiger partial charge in [-0.15, -0.1) is 11.3 Å². The van der Waals surface area contributed by atoms with Gasteiger partial charge < -0.3 is 0 Å². The molecule has 23 heavy (non-hydrogen) atoms. The number of carbonyl (C=O) groups excluding carboxylic acids is 1. The number of nitro benzene ring substituents is 1. The molecule has 3 aromatic rings. The van der Waals surface area contributed by atoms with E-state index < -0.39 is 4.92 Å². The summed E-state index contributed by atoms with van der Waals surface area (Å²) in [5.41, 5.74) is 4.13. The Labute approximate surface area is 134 Å². The number of hydrazone groups is 1. The summed E-state index contributed by atoms with van der Waals surface area (Å²) in [7, 11) is 0. The van der Waals surface area contributed by atoms with Crippen LogP contribution in [-0.2, 0) is 0 Å². The Morgan fingerprint density at radius 2 is 2.17 bits per heavy atom. The van der Waals surface area contributed by atoms with Crippen LogP contribution in [0.2, 0.25) is 0 Å². The summed E-state index contributed by atoms with van der Waals surface area (Å²) in [6, 6.07) is 5.85. The van der Waals surface area contributed by atoms with Gasteiger partial charge in [-0.05, 0) is 24.6 Å². The molecule has 0 fully saturated rings. The van der Waals surface area contributed by atoms with E-state index in [9.17, 15) is 14.9 Å². The van der Waals surface area contributed by atoms with Gasteiger partial charge in [-0.25, -0.2) is 10.4 Å². The third kappa shape index (κ3) is 2.94. The number of fused-ring (bicyclic) bond motifs is 1. The lowest BCUT2D eigenvalue weighted by atomic mass is 10.2. The van der Waals surface area contributed by atoms with Crippen molar-refractivity contribution in [3.63, 3.8) is 0 Å². The van der Waals surface area contributed by atoms with E-state index >= 15 is 0 Å². The van der Waals surface area contributed by atoms with Crippen molar-refractivity contribution in [2.24, 2.45) is 5.10 Å². The Morgan fingerprint density at radius 3 is 2.87 bits per heavy atom. The van der Waals surface area contributed by atoms with Crippen molar-refractivity contribution in [2.75, 3.05) is 0 Å². The maximum Gasteiger partial charge on any atom is 0.290 e. The second kappa shape index (κ2) is 5.97. The first-order chi connectivity index (χ1) is 11.1. The van der Waals surface area contributed by atoms with E-state index in [2.05, 4.69) is 15.5 Å². The van der Waals surface area contributed by atoms with Crippen molar-refractivity contribution < 1.29 is 9.72 Å². The van der Waals surface area contributed by atoms with Crippen LogP contribution in [0.5, 0.6) is 0 Å². The van der Waals surface area contributed by atoms with E-state index in [4.69, 9.17) is 0 Å². The van der Waals surface area contributed by atoms with Crippen LogP contribution in [0.1, 0.15) is 21.7 Å². The van der Waals surface area contributed by atoms with E-state index in [1.807, 2.05) is 5.38 Å². The molecular weight excluding hydrogens is 318 g/mol. The number of imidazole rings is 1. The maximum atomic E-state index is 12.2. The van der Waals surface area contributed by atoms with Crippen molar-refractivity contribution in [3.8, 4) is 0 Å². The highest BCUT2D eigenvalue weighted by molar-refractivity contribution is 7.15. The third-order valence-corrected chi connectivity index (χ3v) is 3.89. The van der Waals surface area contributed by atoms with Crippen LogP contribution in [0.25, 0.3) is 4.96 Å². The van der Waals surface area contributed by atoms with Crippen molar-refractivity contribution in [1.29, 1.82) is 0 Å². The zero-order chi connectivity index (χ0) is 16.4. The topological polar surface area (TPSA) is 102 Å². The van der Waals surface area contributed by atoms with Crippen molar-refractivity contribution in [3.05, 3.63) is 62.9 Å². The zero-order valence-corrected chi connectivity index (χ0v) is 12.8. The molecule has 0 saturated heterocycles. The first-order valence-electron chi connectivity index (χ1n) is 6.56. The summed E-state index contributed by atoms with van der Waals surface area (Å²) in [5.74, 6) is -0.369. The average molecular weight is 329 g/mol. The van der Waals surface area contributed by atoms with Crippen molar-refractivity contribution in [2.45, 2.75) is 6.92 Å². The summed E-state index contributed by atoms with van der Waals surface area (Å²) in [6.07, 6.45) is 3.19. The summed E-state index contributed by atoms with van der Waals surface area (Å²) in [5, 5.41) is 16.3. The van der Waals surface area contributed by atoms with E-state index in [1.165, 1.54) is 29.7 Å². The SMILES string of the molecule is Cc1nc2sccn2c1C(=O)N/N=C/c1ccc([N+](=O)[O-])cc1. The molecule has 0 radical (unpaired) electrons. The second-order valence-corrected chi connectivity index (χ2v) is 5.52. The van der Waals surface area contributed by atoms with Gasteiger partial charge in [-0.1, -0.05) is 0 Å². The van der Waals surface area contributed by atoms with Gasteiger partial charge >= 0.3 is 0 Å². The van der Waals surface area contributed by atoms with Gasteiger partial charge in [-0.2, -0.15) is 5.10 Å². The minimum absolute atomic E-state index is 0.000852. The van der Waals surface area contributed by atoms with E-state index in [0.717, 1.165) is 4.96 Å². The lowest BCUT2D eigenvalue weighted by molar-refractivity contribution is -0.384. The second-order valence-electron chi connectivity index (χ2n) is 4.65. The molecule has 2 aromatic heterocycles. The number of hydrogen-bond acceptors (Lipinski definition) is 6. The Balaban J connectivity index is 1.72. The fourth-order valence-electron chi connectivity index (χ4n) is 2.07. The number of aromatic nitrogens is 2. The molecule has 1 aromatic carbocycles. The van der Waals surface area contributed by atoms with Gasteiger partial charge in [0.2, 0.25) is 0 Å². The predicted octanol–water partition coefficient (Wildman–Crippen LogP) is 2.38. The molecule has 0 spiro atoms. The number of benzene rings is 1. The molecule has 0 aliphatic heterocycles. The molecule has 1 amide bonds. The number of nitrogens with one attached hydrogen (secondary N) is 1. The van der Waals surface area contributed by atoms with Crippen LogP contribution in [-0.4, -0.2) is 26.4 Å². The Kier molecular flexibility index (Phi) is 3.85.